The van der Waals surface area contributed by atoms with Crippen LogP contribution in [0.1, 0.15) is 57.8 Å². The van der Waals surface area contributed by atoms with E-state index in [1.165, 1.54) is 57.8 Å². The monoisotopic (exact) mass is 288 g/mol. The Hall–Kier alpha value is -1.10. The summed E-state index contributed by atoms with van der Waals surface area (Å²) in [4.78, 5) is 0. The van der Waals surface area contributed by atoms with Gasteiger partial charge < -0.3 is 10.6 Å². The van der Waals surface area contributed by atoms with Crippen molar-refractivity contribution in [3.8, 4) is 12.1 Å². The van der Waals surface area contributed by atoms with E-state index in [9.17, 15) is 0 Å². The van der Waals surface area contributed by atoms with Gasteiger partial charge in [-0.1, -0.05) is 0 Å². The lowest BCUT2D eigenvalue weighted by molar-refractivity contribution is 0.209. The molecule has 0 heterocycles. The first-order valence-electron chi connectivity index (χ1n) is 8.52. The summed E-state index contributed by atoms with van der Waals surface area (Å²) in [6.45, 7) is 0.990. The van der Waals surface area contributed by atoms with Gasteiger partial charge in [0, 0.05) is 12.1 Å². The molecule has 0 aliphatic heterocycles. The van der Waals surface area contributed by atoms with Crippen molar-refractivity contribution in [2.24, 2.45) is 11.8 Å². The van der Waals surface area contributed by atoms with Crippen LogP contribution in [0.5, 0.6) is 0 Å². The number of nitrogens with one attached hydrogen (secondary N) is 2. The van der Waals surface area contributed by atoms with Gasteiger partial charge in [0.2, 0.25) is 0 Å². The molecule has 2 rings (SSSR count). The summed E-state index contributed by atoms with van der Waals surface area (Å²) in [7, 11) is 0. The number of nitriles is 2. The van der Waals surface area contributed by atoms with Crippen LogP contribution in [-0.2, 0) is 0 Å². The zero-order valence-corrected chi connectivity index (χ0v) is 13.0. The highest BCUT2D eigenvalue weighted by atomic mass is 14.9. The molecule has 2 aliphatic carbocycles. The van der Waals surface area contributed by atoms with Crippen LogP contribution < -0.4 is 10.6 Å². The second-order valence-electron chi connectivity index (χ2n) is 6.75. The molecule has 2 N–H and O–H groups in total. The maximum absolute atomic E-state index is 8.61. The fraction of sp³-hybridized carbons (Fsp3) is 0.882. The van der Waals surface area contributed by atoms with E-state index < -0.39 is 0 Å². The van der Waals surface area contributed by atoms with Crippen LogP contribution in [0.3, 0.4) is 0 Å². The second-order valence-corrected chi connectivity index (χ2v) is 6.75. The van der Waals surface area contributed by atoms with Crippen molar-refractivity contribution in [2.75, 3.05) is 13.1 Å². The van der Waals surface area contributed by atoms with Crippen LogP contribution in [-0.4, -0.2) is 25.2 Å². The first-order chi connectivity index (χ1) is 10.3. The lowest BCUT2D eigenvalue weighted by Crippen LogP contribution is -2.35. The van der Waals surface area contributed by atoms with E-state index in [1.54, 1.807) is 0 Å². The Balaban J connectivity index is 1.60. The maximum Gasteiger partial charge on any atom is 0.0843 e. The van der Waals surface area contributed by atoms with Crippen molar-refractivity contribution in [2.45, 2.75) is 69.9 Å². The van der Waals surface area contributed by atoms with Crippen LogP contribution in [0.15, 0.2) is 0 Å². The molecule has 0 aromatic carbocycles. The van der Waals surface area contributed by atoms with Crippen molar-refractivity contribution >= 4 is 0 Å². The summed E-state index contributed by atoms with van der Waals surface area (Å²) in [6, 6.07) is 5.50. The molecule has 4 heteroatoms. The van der Waals surface area contributed by atoms with Crippen molar-refractivity contribution in [3.05, 3.63) is 0 Å². The van der Waals surface area contributed by atoms with Crippen molar-refractivity contribution in [3.63, 3.8) is 0 Å². The largest absolute Gasteiger partial charge is 0.302 e. The molecule has 0 saturated heterocycles. The van der Waals surface area contributed by atoms with E-state index in [0.29, 0.717) is 25.2 Å². The molecule has 0 amide bonds. The molecular formula is C17H28N4. The van der Waals surface area contributed by atoms with Crippen LogP contribution in [0, 0.1) is 34.5 Å². The van der Waals surface area contributed by atoms with E-state index in [4.69, 9.17) is 10.5 Å². The molecule has 2 saturated carbocycles. The van der Waals surface area contributed by atoms with Crippen LogP contribution >= 0.6 is 0 Å². The Morgan fingerprint density at radius 1 is 0.667 bits per heavy atom. The van der Waals surface area contributed by atoms with Crippen molar-refractivity contribution < 1.29 is 0 Å². The summed E-state index contributed by atoms with van der Waals surface area (Å²) in [5.74, 6) is 1.80. The Morgan fingerprint density at radius 3 is 1.38 bits per heavy atom. The third-order valence-corrected chi connectivity index (χ3v) is 5.30. The van der Waals surface area contributed by atoms with Gasteiger partial charge in [-0.3, -0.25) is 0 Å². The lowest BCUT2D eigenvalue weighted by Gasteiger charge is -2.34. The summed E-state index contributed by atoms with van der Waals surface area (Å²) >= 11 is 0. The topological polar surface area (TPSA) is 71.6 Å². The van der Waals surface area contributed by atoms with Gasteiger partial charge in [-0.15, -0.1) is 0 Å². The molecule has 21 heavy (non-hydrogen) atoms. The van der Waals surface area contributed by atoms with Gasteiger partial charge in [0.25, 0.3) is 0 Å². The average molecular weight is 288 g/mol. The van der Waals surface area contributed by atoms with Crippen LogP contribution in [0.2, 0.25) is 0 Å². The highest BCUT2D eigenvalue weighted by Crippen LogP contribution is 2.35. The molecule has 2 fully saturated rings. The predicted octanol–water partition coefficient (Wildman–Crippen LogP) is 2.72. The fourth-order valence-corrected chi connectivity index (χ4v) is 4.06. The Kier molecular flexibility index (Phi) is 7.00. The van der Waals surface area contributed by atoms with E-state index in [0.717, 1.165) is 11.8 Å². The third kappa shape index (κ3) is 5.65. The number of nitrogens with zero attached hydrogens (tertiary/aromatic N) is 2. The minimum Gasteiger partial charge on any atom is -0.302 e. The standard InChI is InChI=1S/C17H28N4/c18-9-11-20-16-5-1-14(2-6-16)13-15-3-7-17(8-4-15)21-12-10-19/h14-17,20-21H,1-8,11-13H2. The quantitative estimate of drug-likeness (QED) is 0.737. The summed E-state index contributed by atoms with van der Waals surface area (Å²) < 4.78 is 0. The maximum atomic E-state index is 8.61. The normalized spacial score (nSPS) is 33.0. The van der Waals surface area contributed by atoms with Gasteiger partial charge in [-0.25, -0.2) is 0 Å². The number of hydrogen-bond donors (Lipinski definition) is 2. The molecule has 4 nitrogen and oxygen atoms in total. The molecule has 0 unspecified atom stereocenters. The van der Waals surface area contributed by atoms with Crippen molar-refractivity contribution in [1.82, 2.24) is 10.6 Å². The molecule has 0 aromatic rings. The highest BCUT2D eigenvalue weighted by Gasteiger charge is 2.26. The molecule has 0 bridgehead atoms. The SMILES string of the molecule is N#CCNC1CCC(CC2CCC(NCC#N)CC2)CC1. The van der Waals surface area contributed by atoms with E-state index in [2.05, 4.69) is 22.8 Å². The molecule has 116 valence electrons. The molecule has 0 radical (unpaired) electrons. The lowest BCUT2D eigenvalue weighted by atomic mass is 9.75. The highest BCUT2D eigenvalue weighted by molar-refractivity contribution is 4.85. The molecule has 2 aliphatic rings. The van der Waals surface area contributed by atoms with Gasteiger partial charge in [0.1, 0.15) is 0 Å². The molecular weight excluding hydrogens is 260 g/mol. The Morgan fingerprint density at radius 2 is 1.05 bits per heavy atom. The van der Waals surface area contributed by atoms with E-state index >= 15 is 0 Å². The average Bonchev–Trinajstić information content (AvgIpc) is 2.53. The van der Waals surface area contributed by atoms with E-state index in [-0.39, 0.29) is 0 Å². The zero-order valence-electron chi connectivity index (χ0n) is 13.0. The van der Waals surface area contributed by atoms with Gasteiger partial charge in [0.15, 0.2) is 0 Å². The van der Waals surface area contributed by atoms with Gasteiger partial charge >= 0.3 is 0 Å². The summed E-state index contributed by atoms with van der Waals surface area (Å²) in [5.41, 5.74) is 0. The second kappa shape index (κ2) is 9.03. The van der Waals surface area contributed by atoms with Crippen molar-refractivity contribution in [1.29, 1.82) is 10.5 Å². The molecule has 0 aromatic heterocycles. The van der Waals surface area contributed by atoms with E-state index in [1.807, 2.05) is 0 Å². The minimum atomic E-state index is 0.495. The van der Waals surface area contributed by atoms with Gasteiger partial charge in [-0.2, -0.15) is 10.5 Å². The van der Waals surface area contributed by atoms with Crippen LogP contribution in [0.4, 0.5) is 0 Å². The Bertz CT molecular complexity index is 329. The number of hydrogen-bond acceptors (Lipinski definition) is 4. The van der Waals surface area contributed by atoms with Gasteiger partial charge in [0.05, 0.1) is 25.2 Å². The molecule has 0 atom stereocenters. The third-order valence-electron chi connectivity index (χ3n) is 5.30. The van der Waals surface area contributed by atoms with Crippen LogP contribution in [0.25, 0.3) is 0 Å². The first kappa shape index (κ1) is 16.3. The first-order valence-corrected chi connectivity index (χ1v) is 8.52. The fourth-order valence-electron chi connectivity index (χ4n) is 4.06. The summed E-state index contributed by atoms with van der Waals surface area (Å²) in [5, 5.41) is 23.9. The number of rotatable bonds is 6. The minimum absolute atomic E-state index is 0.495. The zero-order chi connectivity index (χ0) is 14.9. The predicted molar refractivity (Wildman–Crippen MR) is 83.3 cm³/mol. The Labute approximate surface area is 128 Å². The van der Waals surface area contributed by atoms with Gasteiger partial charge in [-0.05, 0) is 69.6 Å². The smallest absolute Gasteiger partial charge is 0.0843 e. The molecule has 0 spiro atoms. The summed E-state index contributed by atoms with van der Waals surface area (Å²) in [6.07, 6.45) is 11.7.